The summed E-state index contributed by atoms with van der Waals surface area (Å²) in [6.07, 6.45) is 1.16. The van der Waals surface area contributed by atoms with Crippen molar-refractivity contribution in [1.29, 1.82) is 0 Å². The highest BCUT2D eigenvalue weighted by atomic mass is 32.2. The Kier molecular flexibility index (Phi) is 6.29. The van der Waals surface area contributed by atoms with E-state index in [4.69, 9.17) is 0 Å². The molecule has 1 N–H and O–H groups in total. The van der Waals surface area contributed by atoms with E-state index >= 15 is 0 Å². The highest BCUT2D eigenvalue weighted by Gasteiger charge is 2.30. The van der Waals surface area contributed by atoms with Gasteiger partial charge in [0.15, 0.2) is 0 Å². The van der Waals surface area contributed by atoms with Crippen LogP contribution in [-0.2, 0) is 20.6 Å². The van der Waals surface area contributed by atoms with Crippen molar-refractivity contribution in [1.82, 2.24) is 14.1 Å². The van der Waals surface area contributed by atoms with Crippen LogP contribution in [0.1, 0.15) is 18.4 Å². The Morgan fingerprint density at radius 1 is 1.00 bits per heavy atom. The minimum Gasteiger partial charge on any atom is -0.393 e. The number of likely N-dealkylation sites (tertiary alicyclic amines) is 1. The standard InChI is InChI=1S/C18H27N3O4S/c22-17-6-8-19(9-7-17)14-18(23)20-10-12-21(13-11-20)26(24,25)15-16-4-2-1-3-5-16/h1-5,17,22H,6-15H2. The maximum absolute atomic E-state index is 12.6. The molecule has 0 aromatic heterocycles. The molecule has 144 valence electrons. The molecule has 26 heavy (non-hydrogen) atoms. The van der Waals surface area contributed by atoms with E-state index in [1.807, 2.05) is 30.3 Å². The number of sulfonamides is 1. The van der Waals surface area contributed by atoms with Gasteiger partial charge in [0.2, 0.25) is 15.9 Å². The summed E-state index contributed by atoms with van der Waals surface area (Å²) < 4.78 is 26.6. The molecule has 2 heterocycles. The average molecular weight is 381 g/mol. The number of carbonyl (C=O) groups excluding carboxylic acids is 1. The molecule has 3 rings (SSSR count). The van der Waals surface area contributed by atoms with Gasteiger partial charge in [-0.25, -0.2) is 8.42 Å². The Morgan fingerprint density at radius 2 is 1.62 bits per heavy atom. The third-order valence-corrected chi connectivity index (χ3v) is 6.94. The number of nitrogens with zero attached hydrogens (tertiary/aromatic N) is 3. The van der Waals surface area contributed by atoms with Gasteiger partial charge in [0.1, 0.15) is 0 Å². The minimum atomic E-state index is -3.36. The Labute approximate surface area is 155 Å². The average Bonchev–Trinajstić information content (AvgIpc) is 2.64. The number of piperidine rings is 1. The van der Waals surface area contributed by atoms with E-state index < -0.39 is 10.0 Å². The second-order valence-corrected chi connectivity index (χ2v) is 9.00. The summed E-state index contributed by atoms with van der Waals surface area (Å²) in [7, 11) is -3.36. The van der Waals surface area contributed by atoms with Crippen LogP contribution in [0.5, 0.6) is 0 Å². The quantitative estimate of drug-likeness (QED) is 0.783. The molecule has 0 saturated carbocycles. The van der Waals surface area contributed by atoms with Gasteiger partial charge < -0.3 is 10.0 Å². The van der Waals surface area contributed by atoms with Crippen LogP contribution in [0.25, 0.3) is 0 Å². The van der Waals surface area contributed by atoms with Crippen molar-refractivity contribution in [3.63, 3.8) is 0 Å². The largest absolute Gasteiger partial charge is 0.393 e. The molecule has 7 nitrogen and oxygen atoms in total. The first-order chi connectivity index (χ1) is 12.4. The molecule has 0 bridgehead atoms. The van der Waals surface area contributed by atoms with Crippen LogP contribution < -0.4 is 0 Å². The molecular weight excluding hydrogens is 354 g/mol. The van der Waals surface area contributed by atoms with Crippen LogP contribution in [0.15, 0.2) is 30.3 Å². The summed E-state index contributed by atoms with van der Waals surface area (Å²) in [5, 5.41) is 9.54. The molecule has 1 aromatic rings. The molecular formula is C18H27N3O4S. The SMILES string of the molecule is O=C(CN1CCC(O)CC1)N1CCN(S(=O)(=O)Cc2ccccc2)CC1. The molecule has 0 atom stereocenters. The van der Waals surface area contributed by atoms with Crippen molar-refractivity contribution in [2.75, 3.05) is 45.8 Å². The lowest BCUT2D eigenvalue weighted by molar-refractivity contribution is -0.134. The number of rotatable bonds is 5. The van der Waals surface area contributed by atoms with E-state index in [0.29, 0.717) is 45.6 Å². The molecule has 0 unspecified atom stereocenters. The summed E-state index contributed by atoms with van der Waals surface area (Å²) in [5.41, 5.74) is 0.776. The first kappa shape index (κ1) is 19.3. The normalized spacial score (nSPS) is 21.0. The second-order valence-electron chi connectivity index (χ2n) is 7.03. The van der Waals surface area contributed by atoms with Gasteiger partial charge in [0.05, 0.1) is 18.4 Å². The monoisotopic (exact) mass is 381 g/mol. The third-order valence-electron chi connectivity index (χ3n) is 5.09. The van der Waals surface area contributed by atoms with Crippen molar-refractivity contribution in [2.45, 2.75) is 24.7 Å². The first-order valence-corrected chi connectivity index (χ1v) is 10.7. The number of amides is 1. The lowest BCUT2D eigenvalue weighted by Gasteiger charge is -2.36. The number of benzene rings is 1. The van der Waals surface area contributed by atoms with Crippen molar-refractivity contribution in [3.05, 3.63) is 35.9 Å². The summed E-state index contributed by atoms with van der Waals surface area (Å²) in [5.74, 6) is 0.0410. The van der Waals surface area contributed by atoms with Crippen molar-refractivity contribution in [2.24, 2.45) is 0 Å². The van der Waals surface area contributed by atoms with Crippen molar-refractivity contribution >= 4 is 15.9 Å². The van der Waals surface area contributed by atoms with Crippen LogP contribution in [0.3, 0.4) is 0 Å². The van der Waals surface area contributed by atoms with Crippen LogP contribution in [-0.4, -0.2) is 85.5 Å². The summed E-state index contributed by atoms with van der Waals surface area (Å²) in [4.78, 5) is 16.3. The lowest BCUT2D eigenvalue weighted by Crippen LogP contribution is -2.53. The minimum absolute atomic E-state index is 0.00209. The Hall–Kier alpha value is -1.48. The predicted molar refractivity (Wildman–Crippen MR) is 98.9 cm³/mol. The van der Waals surface area contributed by atoms with E-state index in [0.717, 1.165) is 18.7 Å². The molecule has 8 heteroatoms. The van der Waals surface area contributed by atoms with Crippen LogP contribution in [0.2, 0.25) is 0 Å². The van der Waals surface area contributed by atoms with Crippen molar-refractivity contribution < 1.29 is 18.3 Å². The van der Waals surface area contributed by atoms with E-state index in [9.17, 15) is 18.3 Å². The zero-order valence-electron chi connectivity index (χ0n) is 15.0. The summed E-state index contributed by atoms with van der Waals surface area (Å²) >= 11 is 0. The second kappa shape index (κ2) is 8.47. The van der Waals surface area contributed by atoms with E-state index in [1.165, 1.54) is 4.31 Å². The summed E-state index contributed by atoms with van der Waals surface area (Å²) in [6, 6.07) is 9.16. The zero-order valence-corrected chi connectivity index (χ0v) is 15.8. The number of hydrogen-bond acceptors (Lipinski definition) is 5. The lowest BCUT2D eigenvalue weighted by atomic mass is 10.1. The van der Waals surface area contributed by atoms with E-state index in [1.54, 1.807) is 4.90 Å². The molecule has 1 amide bonds. The topological polar surface area (TPSA) is 81.2 Å². The van der Waals surface area contributed by atoms with Gasteiger partial charge >= 0.3 is 0 Å². The molecule has 0 radical (unpaired) electrons. The Morgan fingerprint density at radius 3 is 2.23 bits per heavy atom. The number of aliphatic hydroxyl groups is 1. The fourth-order valence-electron chi connectivity index (χ4n) is 3.46. The smallest absolute Gasteiger partial charge is 0.236 e. The zero-order chi connectivity index (χ0) is 18.6. The highest BCUT2D eigenvalue weighted by molar-refractivity contribution is 7.88. The summed E-state index contributed by atoms with van der Waals surface area (Å²) in [6.45, 7) is 3.38. The Bertz CT molecular complexity index is 694. The molecule has 2 fully saturated rings. The number of carbonyl (C=O) groups is 1. The molecule has 0 aliphatic carbocycles. The maximum atomic E-state index is 12.6. The number of piperazine rings is 1. The van der Waals surface area contributed by atoms with Gasteiger partial charge in [-0.1, -0.05) is 30.3 Å². The third kappa shape index (κ3) is 5.03. The van der Waals surface area contributed by atoms with Crippen LogP contribution in [0.4, 0.5) is 0 Å². The van der Waals surface area contributed by atoms with E-state index in [-0.39, 0.29) is 17.8 Å². The molecule has 0 spiro atoms. The fourth-order valence-corrected chi connectivity index (χ4v) is 4.98. The van der Waals surface area contributed by atoms with Crippen molar-refractivity contribution in [3.8, 4) is 0 Å². The molecule has 1 aromatic carbocycles. The van der Waals surface area contributed by atoms with Gasteiger partial charge in [0, 0.05) is 39.3 Å². The van der Waals surface area contributed by atoms with E-state index in [2.05, 4.69) is 4.90 Å². The number of hydrogen-bond donors (Lipinski definition) is 1. The van der Waals surface area contributed by atoms with Gasteiger partial charge in [-0.3, -0.25) is 9.69 Å². The molecule has 2 aliphatic rings. The predicted octanol–water partition coefficient (Wildman–Crippen LogP) is 0.117. The number of aliphatic hydroxyl groups excluding tert-OH is 1. The highest BCUT2D eigenvalue weighted by Crippen LogP contribution is 2.15. The molecule has 2 saturated heterocycles. The molecule has 2 aliphatic heterocycles. The first-order valence-electron chi connectivity index (χ1n) is 9.14. The van der Waals surface area contributed by atoms with Gasteiger partial charge in [0.25, 0.3) is 0 Å². The van der Waals surface area contributed by atoms with Crippen LogP contribution >= 0.6 is 0 Å². The Balaban J connectivity index is 1.48. The maximum Gasteiger partial charge on any atom is 0.236 e. The van der Waals surface area contributed by atoms with Gasteiger partial charge in [-0.2, -0.15) is 4.31 Å². The fraction of sp³-hybridized carbons (Fsp3) is 0.611. The van der Waals surface area contributed by atoms with Crippen LogP contribution in [0, 0.1) is 0 Å². The van der Waals surface area contributed by atoms with Gasteiger partial charge in [-0.15, -0.1) is 0 Å². The van der Waals surface area contributed by atoms with Gasteiger partial charge in [-0.05, 0) is 18.4 Å².